The van der Waals surface area contributed by atoms with Crippen molar-refractivity contribution in [3.8, 4) is 12.1 Å². The van der Waals surface area contributed by atoms with E-state index in [1.54, 1.807) is 6.07 Å². The molecule has 9 heteroatoms. The van der Waals surface area contributed by atoms with E-state index in [1.807, 2.05) is 6.07 Å². The molecule has 22 heavy (non-hydrogen) atoms. The number of nitriles is 2. The summed E-state index contributed by atoms with van der Waals surface area (Å²) in [5.74, 6) is -0.257. The molecule has 0 aromatic heterocycles. The second kappa shape index (κ2) is 7.76. The van der Waals surface area contributed by atoms with Crippen molar-refractivity contribution in [2.24, 2.45) is 10.3 Å². The smallest absolute Gasteiger partial charge is 0.328 e. The molecule has 0 unspecified atom stereocenters. The van der Waals surface area contributed by atoms with Crippen LogP contribution in [0.3, 0.4) is 0 Å². The number of nitrogens with zero attached hydrogens (tertiary/aromatic N) is 4. The van der Waals surface area contributed by atoms with Crippen LogP contribution in [0.25, 0.3) is 0 Å². The molecule has 1 rings (SSSR count). The number of hydrogen-bond acceptors (Lipinski definition) is 8. The van der Waals surface area contributed by atoms with Gasteiger partial charge in [-0.1, -0.05) is 34.6 Å². The van der Waals surface area contributed by atoms with Gasteiger partial charge in [0.25, 0.3) is 0 Å². The zero-order valence-electron chi connectivity index (χ0n) is 11.8. The van der Waals surface area contributed by atoms with Crippen molar-refractivity contribution in [2.75, 3.05) is 12.9 Å². The molecular weight excluding hydrogens is 308 g/mol. The lowest BCUT2D eigenvalue weighted by atomic mass is 10.1. The summed E-state index contributed by atoms with van der Waals surface area (Å²) in [4.78, 5) is 4.54. The minimum absolute atomic E-state index is 0.0642. The van der Waals surface area contributed by atoms with E-state index in [-0.39, 0.29) is 17.2 Å². The van der Waals surface area contributed by atoms with Crippen LogP contribution in [-0.2, 0) is 19.2 Å². The summed E-state index contributed by atoms with van der Waals surface area (Å²) < 4.78 is 26.8. The van der Waals surface area contributed by atoms with E-state index in [1.165, 1.54) is 38.3 Å². The summed E-state index contributed by atoms with van der Waals surface area (Å²) in [6.45, 7) is 1.39. The van der Waals surface area contributed by atoms with Gasteiger partial charge in [-0.15, -0.1) is 0 Å². The van der Waals surface area contributed by atoms with E-state index in [0.717, 1.165) is 0 Å². The Hall–Kier alpha value is -2.91. The molecule has 0 atom stereocenters. The van der Waals surface area contributed by atoms with Crippen molar-refractivity contribution in [2.45, 2.75) is 6.92 Å². The van der Waals surface area contributed by atoms with Crippen LogP contribution < -0.4 is 0 Å². The van der Waals surface area contributed by atoms with E-state index >= 15 is 0 Å². The first-order chi connectivity index (χ1) is 10.5. The van der Waals surface area contributed by atoms with Gasteiger partial charge in [-0.2, -0.15) is 18.9 Å². The SMILES string of the molecule is CCS(=O)(=O)ON=C(C#N)c1ccc(C(C#N)=NOC)cc1. The summed E-state index contributed by atoms with van der Waals surface area (Å²) in [5, 5.41) is 24.8. The van der Waals surface area contributed by atoms with Crippen LogP contribution in [0, 0.1) is 22.7 Å². The molecule has 0 amide bonds. The third kappa shape index (κ3) is 4.58. The molecule has 1 aromatic rings. The van der Waals surface area contributed by atoms with E-state index in [9.17, 15) is 8.42 Å². The minimum Gasteiger partial charge on any atom is -0.398 e. The molecular formula is C13H12N4O4S. The zero-order chi connectivity index (χ0) is 16.6. The van der Waals surface area contributed by atoms with Crippen LogP contribution in [0.5, 0.6) is 0 Å². The Labute approximate surface area is 128 Å². The molecule has 0 aliphatic rings. The second-order valence-electron chi connectivity index (χ2n) is 3.78. The van der Waals surface area contributed by atoms with Crippen LogP contribution in [0.2, 0.25) is 0 Å². The quantitative estimate of drug-likeness (QED) is 0.572. The van der Waals surface area contributed by atoms with Gasteiger partial charge < -0.3 is 4.84 Å². The Morgan fingerprint density at radius 1 is 1.09 bits per heavy atom. The Balaban J connectivity index is 3.08. The van der Waals surface area contributed by atoms with Crippen molar-refractivity contribution < 1.29 is 17.5 Å². The number of oxime groups is 2. The highest BCUT2D eigenvalue weighted by Gasteiger charge is 2.11. The van der Waals surface area contributed by atoms with Crippen molar-refractivity contribution in [1.29, 1.82) is 10.5 Å². The average Bonchev–Trinajstić information content (AvgIpc) is 2.54. The van der Waals surface area contributed by atoms with E-state index in [2.05, 4.69) is 19.4 Å². The summed E-state index contributed by atoms with van der Waals surface area (Å²) in [7, 11) is -2.47. The van der Waals surface area contributed by atoms with Gasteiger partial charge >= 0.3 is 10.1 Å². The number of hydrogen-bond donors (Lipinski definition) is 0. The van der Waals surface area contributed by atoms with E-state index < -0.39 is 10.1 Å². The molecule has 114 valence electrons. The fourth-order valence-corrected chi connectivity index (χ4v) is 1.59. The van der Waals surface area contributed by atoms with Gasteiger partial charge in [0.05, 0.1) is 5.75 Å². The van der Waals surface area contributed by atoms with Gasteiger partial charge in [0.15, 0.2) is 11.4 Å². The highest BCUT2D eigenvalue weighted by Crippen LogP contribution is 2.08. The summed E-state index contributed by atoms with van der Waals surface area (Å²) in [5.41, 5.74) is 0.680. The first kappa shape index (κ1) is 17.1. The van der Waals surface area contributed by atoms with Gasteiger partial charge in [0.1, 0.15) is 19.2 Å². The fourth-order valence-electron chi connectivity index (χ4n) is 1.30. The molecule has 0 fully saturated rings. The third-order valence-corrected chi connectivity index (χ3v) is 3.43. The predicted molar refractivity (Wildman–Crippen MR) is 78.3 cm³/mol. The van der Waals surface area contributed by atoms with Crippen molar-refractivity contribution in [3.05, 3.63) is 35.4 Å². The van der Waals surface area contributed by atoms with Crippen LogP contribution in [-0.4, -0.2) is 32.7 Å². The Morgan fingerprint density at radius 2 is 1.55 bits per heavy atom. The fraction of sp³-hybridized carbons (Fsp3) is 0.231. The Kier molecular flexibility index (Phi) is 6.05. The van der Waals surface area contributed by atoms with Gasteiger partial charge in [-0.3, -0.25) is 4.28 Å². The summed E-state index contributed by atoms with van der Waals surface area (Å²) in [6.07, 6.45) is 0. The van der Waals surface area contributed by atoms with Crippen LogP contribution in [0.4, 0.5) is 0 Å². The first-order valence-corrected chi connectivity index (χ1v) is 7.56. The third-order valence-electron chi connectivity index (χ3n) is 2.42. The lowest BCUT2D eigenvalue weighted by molar-refractivity contribution is 0.214. The second-order valence-corrected chi connectivity index (χ2v) is 5.63. The predicted octanol–water partition coefficient (Wildman–Crippen LogP) is 1.15. The minimum atomic E-state index is -3.78. The maximum atomic E-state index is 11.2. The molecule has 0 heterocycles. The van der Waals surface area contributed by atoms with Crippen LogP contribution in [0.1, 0.15) is 18.1 Å². The average molecular weight is 320 g/mol. The maximum absolute atomic E-state index is 11.2. The summed E-state index contributed by atoms with van der Waals surface area (Å²) >= 11 is 0. The van der Waals surface area contributed by atoms with Crippen molar-refractivity contribution in [1.82, 2.24) is 0 Å². The molecule has 0 spiro atoms. The van der Waals surface area contributed by atoms with Crippen molar-refractivity contribution >= 4 is 21.5 Å². The maximum Gasteiger partial charge on any atom is 0.328 e. The van der Waals surface area contributed by atoms with Gasteiger partial charge in [-0.05, 0) is 6.92 Å². The first-order valence-electron chi connectivity index (χ1n) is 5.98. The van der Waals surface area contributed by atoms with E-state index in [4.69, 9.17) is 10.5 Å². The monoisotopic (exact) mass is 320 g/mol. The lowest BCUT2D eigenvalue weighted by Crippen LogP contribution is -2.07. The summed E-state index contributed by atoms with van der Waals surface area (Å²) in [6, 6.07) is 9.63. The zero-order valence-corrected chi connectivity index (χ0v) is 12.7. The normalized spacial score (nSPS) is 12.2. The highest BCUT2D eigenvalue weighted by molar-refractivity contribution is 7.86. The Bertz CT molecular complexity index is 768. The topological polar surface area (TPSA) is 125 Å². The molecule has 8 nitrogen and oxygen atoms in total. The van der Waals surface area contributed by atoms with Gasteiger partial charge in [0.2, 0.25) is 0 Å². The van der Waals surface area contributed by atoms with Gasteiger partial charge in [-0.25, -0.2) is 0 Å². The van der Waals surface area contributed by atoms with Crippen molar-refractivity contribution in [3.63, 3.8) is 0 Å². The molecule has 0 saturated carbocycles. The number of benzene rings is 1. The molecule has 0 saturated heterocycles. The lowest BCUT2D eigenvalue weighted by Gasteiger charge is -2.01. The van der Waals surface area contributed by atoms with E-state index in [0.29, 0.717) is 11.1 Å². The highest BCUT2D eigenvalue weighted by atomic mass is 32.2. The van der Waals surface area contributed by atoms with Crippen LogP contribution >= 0.6 is 0 Å². The molecule has 0 aliphatic heterocycles. The molecule has 0 radical (unpaired) electrons. The largest absolute Gasteiger partial charge is 0.398 e. The molecule has 1 aromatic carbocycles. The standard InChI is InChI=1S/C13H12N4O4S/c1-3-22(18,19)21-17-13(9-15)11-6-4-10(5-7-11)12(8-14)16-20-2/h4-7H,3H2,1-2H3. The van der Waals surface area contributed by atoms with Crippen LogP contribution in [0.15, 0.2) is 34.6 Å². The number of rotatable bonds is 6. The molecule has 0 aliphatic carbocycles. The van der Waals surface area contributed by atoms with Gasteiger partial charge in [0, 0.05) is 11.1 Å². The Morgan fingerprint density at radius 3 is 1.91 bits per heavy atom. The molecule has 0 bridgehead atoms. The molecule has 0 N–H and O–H groups in total.